The zero-order chi connectivity index (χ0) is 16.0. The summed E-state index contributed by atoms with van der Waals surface area (Å²) >= 11 is 0. The number of aliphatic hydroxyl groups excluding tert-OH is 3. The van der Waals surface area contributed by atoms with Gasteiger partial charge in [-0.2, -0.15) is 4.39 Å². The molecule has 7 nitrogen and oxygen atoms in total. The predicted molar refractivity (Wildman–Crippen MR) is 69.0 cm³/mol. The Labute approximate surface area is 121 Å². The van der Waals surface area contributed by atoms with Crippen molar-refractivity contribution < 1.29 is 28.8 Å². The number of aromatic amines is 1. The molecular formula is C13H12F2N2O5. The molecule has 0 radical (unpaired) electrons. The van der Waals surface area contributed by atoms with Crippen molar-refractivity contribution in [2.45, 2.75) is 24.4 Å². The van der Waals surface area contributed by atoms with Gasteiger partial charge in [-0.25, -0.2) is 9.37 Å². The summed E-state index contributed by atoms with van der Waals surface area (Å²) in [5.41, 5.74) is -1.19. The minimum absolute atomic E-state index is 0.151. The van der Waals surface area contributed by atoms with Gasteiger partial charge in [0.2, 0.25) is 5.95 Å². The summed E-state index contributed by atoms with van der Waals surface area (Å²) in [6.07, 6.45) is -5.16. The van der Waals surface area contributed by atoms with Gasteiger partial charge in [-0.1, -0.05) is 0 Å². The number of rotatable bonds is 2. The SMILES string of the molecule is O=c1[nH]c2nc(F)cc(F)c2cc1C1OC(CO)C(O)C1O. The number of fused-ring (bicyclic) bond motifs is 1. The molecule has 1 aliphatic rings. The van der Waals surface area contributed by atoms with Crippen LogP contribution in [-0.2, 0) is 4.74 Å². The number of aliphatic hydroxyl groups is 3. The maximum Gasteiger partial charge on any atom is 0.255 e. The van der Waals surface area contributed by atoms with Gasteiger partial charge in [0.15, 0.2) is 0 Å². The van der Waals surface area contributed by atoms with Crippen LogP contribution >= 0.6 is 0 Å². The first-order valence-corrected chi connectivity index (χ1v) is 6.43. The number of nitrogens with zero attached hydrogens (tertiary/aromatic N) is 1. The Bertz CT molecular complexity index is 781. The highest BCUT2D eigenvalue weighted by Crippen LogP contribution is 2.32. The topological polar surface area (TPSA) is 116 Å². The molecule has 0 aliphatic carbocycles. The van der Waals surface area contributed by atoms with Gasteiger partial charge in [-0.05, 0) is 6.07 Å². The lowest BCUT2D eigenvalue weighted by Crippen LogP contribution is -2.33. The zero-order valence-corrected chi connectivity index (χ0v) is 11.0. The first-order valence-electron chi connectivity index (χ1n) is 6.43. The third kappa shape index (κ3) is 2.28. The standard InChI is InChI=1S/C13H12F2N2O5/c14-6-2-8(15)16-12-4(6)1-5(13(21)17-12)11-10(20)9(19)7(3-18)22-11/h1-2,7,9-11,18-20H,3H2,(H,16,17,21). The first-order chi connectivity index (χ1) is 10.4. The number of nitrogens with one attached hydrogen (secondary N) is 1. The van der Waals surface area contributed by atoms with E-state index < -0.39 is 48.3 Å². The summed E-state index contributed by atoms with van der Waals surface area (Å²) in [5, 5.41) is 28.5. The van der Waals surface area contributed by atoms with Gasteiger partial charge in [0.05, 0.1) is 12.0 Å². The van der Waals surface area contributed by atoms with Gasteiger partial charge in [0.25, 0.3) is 5.56 Å². The number of aromatic nitrogens is 2. The second-order valence-corrected chi connectivity index (χ2v) is 5.00. The number of hydrogen-bond acceptors (Lipinski definition) is 6. The summed E-state index contributed by atoms with van der Waals surface area (Å²) in [7, 11) is 0. The average molecular weight is 314 g/mol. The summed E-state index contributed by atoms with van der Waals surface area (Å²) in [6, 6.07) is 1.64. The van der Waals surface area contributed by atoms with E-state index in [4.69, 9.17) is 9.84 Å². The fourth-order valence-corrected chi connectivity index (χ4v) is 2.50. The lowest BCUT2D eigenvalue weighted by Gasteiger charge is -2.14. The maximum atomic E-state index is 13.8. The number of ether oxygens (including phenoxy) is 1. The van der Waals surface area contributed by atoms with Crippen LogP contribution in [-0.4, -0.2) is 50.2 Å². The van der Waals surface area contributed by atoms with Crippen molar-refractivity contribution >= 4 is 11.0 Å². The molecule has 3 rings (SSSR count). The van der Waals surface area contributed by atoms with Crippen molar-refractivity contribution in [2.75, 3.05) is 6.61 Å². The molecule has 9 heteroatoms. The molecule has 0 spiro atoms. The van der Waals surface area contributed by atoms with Crippen molar-refractivity contribution in [3.05, 3.63) is 39.8 Å². The smallest absolute Gasteiger partial charge is 0.255 e. The molecule has 3 heterocycles. The molecule has 0 amide bonds. The van der Waals surface area contributed by atoms with Crippen molar-refractivity contribution in [1.29, 1.82) is 0 Å². The zero-order valence-electron chi connectivity index (χ0n) is 11.0. The second kappa shape index (κ2) is 5.36. The summed E-state index contributed by atoms with van der Waals surface area (Å²) in [4.78, 5) is 17.6. The van der Waals surface area contributed by atoms with E-state index in [1.54, 1.807) is 0 Å². The van der Waals surface area contributed by atoms with E-state index in [0.29, 0.717) is 6.07 Å². The van der Waals surface area contributed by atoms with Crippen LogP contribution in [0.15, 0.2) is 16.9 Å². The Hall–Kier alpha value is -1.94. The molecule has 2 aromatic rings. The predicted octanol–water partition coefficient (Wildman–Crippen LogP) is -0.645. The van der Waals surface area contributed by atoms with Crippen LogP contribution in [0.4, 0.5) is 8.78 Å². The molecule has 1 saturated heterocycles. The molecule has 0 aromatic carbocycles. The molecule has 1 aliphatic heterocycles. The Morgan fingerprint density at radius 2 is 2.00 bits per heavy atom. The van der Waals surface area contributed by atoms with Crippen LogP contribution in [0.3, 0.4) is 0 Å². The maximum absolute atomic E-state index is 13.8. The minimum atomic E-state index is -1.47. The van der Waals surface area contributed by atoms with E-state index in [9.17, 15) is 23.8 Å². The third-order valence-electron chi connectivity index (χ3n) is 3.62. The Morgan fingerprint density at radius 1 is 1.27 bits per heavy atom. The van der Waals surface area contributed by atoms with Crippen LogP contribution in [0.2, 0.25) is 0 Å². The Balaban J connectivity index is 2.12. The van der Waals surface area contributed by atoms with E-state index in [-0.39, 0.29) is 16.6 Å². The highest BCUT2D eigenvalue weighted by molar-refractivity contribution is 5.75. The van der Waals surface area contributed by atoms with Gasteiger partial charge in [0, 0.05) is 11.6 Å². The Kier molecular flexibility index (Phi) is 3.65. The summed E-state index contributed by atoms with van der Waals surface area (Å²) in [5.74, 6) is -2.02. The number of pyridine rings is 2. The van der Waals surface area contributed by atoms with Crippen LogP contribution < -0.4 is 5.56 Å². The molecule has 4 atom stereocenters. The molecule has 0 saturated carbocycles. The second-order valence-electron chi connectivity index (χ2n) is 5.00. The Morgan fingerprint density at radius 3 is 2.64 bits per heavy atom. The van der Waals surface area contributed by atoms with E-state index in [0.717, 1.165) is 6.07 Å². The van der Waals surface area contributed by atoms with Crippen molar-refractivity contribution in [1.82, 2.24) is 9.97 Å². The van der Waals surface area contributed by atoms with Crippen molar-refractivity contribution in [3.8, 4) is 0 Å². The number of H-pyrrole nitrogens is 1. The van der Waals surface area contributed by atoms with Crippen LogP contribution in [0.25, 0.3) is 11.0 Å². The van der Waals surface area contributed by atoms with E-state index in [1.165, 1.54) is 0 Å². The molecule has 2 aromatic heterocycles. The number of hydrogen-bond donors (Lipinski definition) is 4. The van der Waals surface area contributed by atoms with Crippen LogP contribution in [0.5, 0.6) is 0 Å². The normalized spacial score (nSPS) is 28.4. The van der Waals surface area contributed by atoms with Gasteiger partial charge < -0.3 is 25.0 Å². The highest BCUT2D eigenvalue weighted by atomic mass is 19.1. The monoisotopic (exact) mass is 314 g/mol. The van der Waals surface area contributed by atoms with E-state index in [1.807, 2.05) is 0 Å². The van der Waals surface area contributed by atoms with Crippen LogP contribution in [0, 0.1) is 11.8 Å². The van der Waals surface area contributed by atoms with Crippen molar-refractivity contribution in [2.24, 2.45) is 0 Å². The molecule has 1 fully saturated rings. The van der Waals surface area contributed by atoms with E-state index in [2.05, 4.69) is 9.97 Å². The lowest BCUT2D eigenvalue weighted by molar-refractivity contribution is -0.0231. The fraction of sp³-hybridized carbons (Fsp3) is 0.385. The highest BCUT2D eigenvalue weighted by Gasteiger charge is 2.44. The molecule has 4 N–H and O–H groups in total. The fourth-order valence-electron chi connectivity index (χ4n) is 2.50. The van der Waals surface area contributed by atoms with Crippen molar-refractivity contribution in [3.63, 3.8) is 0 Å². The molecule has 4 unspecified atom stereocenters. The number of halogens is 2. The molecule has 0 bridgehead atoms. The van der Waals surface area contributed by atoms with E-state index >= 15 is 0 Å². The quantitative estimate of drug-likeness (QED) is 0.548. The molecule has 118 valence electrons. The third-order valence-corrected chi connectivity index (χ3v) is 3.62. The lowest BCUT2D eigenvalue weighted by atomic mass is 10.0. The molecular weight excluding hydrogens is 302 g/mol. The van der Waals surface area contributed by atoms with Gasteiger partial charge in [-0.3, -0.25) is 4.79 Å². The van der Waals surface area contributed by atoms with Gasteiger partial charge in [0.1, 0.15) is 35.9 Å². The summed E-state index contributed by atoms with van der Waals surface area (Å²) in [6.45, 7) is -0.554. The first kappa shape index (κ1) is 15.0. The average Bonchev–Trinajstić information content (AvgIpc) is 2.74. The minimum Gasteiger partial charge on any atom is -0.394 e. The van der Waals surface area contributed by atoms with Crippen LogP contribution in [0.1, 0.15) is 11.7 Å². The van der Waals surface area contributed by atoms with Gasteiger partial charge in [-0.15, -0.1) is 0 Å². The summed E-state index contributed by atoms with van der Waals surface area (Å²) < 4.78 is 32.0. The van der Waals surface area contributed by atoms with Gasteiger partial charge >= 0.3 is 0 Å². The molecule has 22 heavy (non-hydrogen) atoms. The largest absolute Gasteiger partial charge is 0.394 e.